The number of carbonyl (C=O) groups is 2. The highest BCUT2D eigenvalue weighted by molar-refractivity contribution is 5.85. The van der Waals surface area contributed by atoms with Gasteiger partial charge in [0.2, 0.25) is 5.91 Å². The molecule has 0 aromatic heterocycles. The summed E-state index contributed by atoms with van der Waals surface area (Å²) in [6.07, 6.45) is 1.84. The van der Waals surface area contributed by atoms with Crippen molar-refractivity contribution in [2.45, 2.75) is 39.7 Å². The number of amides is 1. The molecule has 2 N–H and O–H groups in total. The third kappa shape index (κ3) is 6.78. The summed E-state index contributed by atoms with van der Waals surface area (Å²) in [4.78, 5) is 23.4. The van der Waals surface area contributed by atoms with Crippen LogP contribution < -0.4 is 10.6 Å². The summed E-state index contributed by atoms with van der Waals surface area (Å²) < 4.78 is 5.09. The van der Waals surface area contributed by atoms with Crippen LogP contribution in [0.1, 0.15) is 33.6 Å². The number of esters is 1. The molecule has 0 spiro atoms. The van der Waals surface area contributed by atoms with Crippen LogP contribution in [-0.2, 0) is 14.3 Å². The van der Waals surface area contributed by atoms with Gasteiger partial charge in [-0.25, -0.2) is 0 Å². The Labute approximate surface area is 121 Å². The Bertz CT molecular complexity index is 292. The minimum Gasteiger partial charge on any atom is -0.463 e. The van der Waals surface area contributed by atoms with E-state index < -0.39 is 0 Å². The average Bonchev–Trinajstić information content (AvgIpc) is 2.35. The van der Waals surface area contributed by atoms with Gasteiger partial charge in [0, 0.05) is 13.1 Å². The van der Waals surface area contributed by atoms with Crippen molar-refractivity contribution < 1.29 is 14.3 Å². The maximum absolute atomic E-state index is 11.8. The second-order valence-corrected chi connectivity index (χ2v) is 5.18. The summed E-state index contributed by atoms with van der Waals surface area (Å²) in [5, 5.41) is 6.03. The minimum absolute atomic E-state index is 0. The fourth-order valence-electron chi connectivity index (χ4n) is 1.91. The summed E-state index contributed by atoms with van der Waals surface area (Å²) in [5.41, 5.74) is 0. The van der Waals surface area contributed by atoms with E-state index in [1.165, 1.54) is 0 Å². The molecule has 0 radical (unpaired) electrons. The molecule has 1 saturated heterocycles. The summed E-state index contributed by atoms with van der Waals surface area (Å²) in [6, 6.07) is 0. The van der Waals surface area contributed by atoms with Crippen molar-refractivity contribution in [3.8, 4) is 0 Å². The Balaban J connectivity index is 0.00000324. The van der Waals surface area contributed by atoms with Crippen LogP contribution in [0.2, 0.25) is 0 Å². The van der Waals surface area contributed by atoms with Crippen LogP contribution in [-0.4, -0.2) is 37.6 Å². The van der Waals surface area contributed by atoms with Crippen LogP contribution in [0.25, 0.3) is 0 Å². The molecule has 19 heavy (non-hydrogen) atoms. The molecule has 6 heteroatoms. The van der Waals surface area contributed by atoms with Crippen LogP contribution >= 0.6 is 12.4 Å². The SMILES string of the molecule is CC(C)OC(=O)C(C)CNC(=O)C1CCCNC1.Cl. The quantitative estimate of drug-likeness (QED) is 0.745. The summed E-state index contributed by atoms with van der Waals surface area (Å²) in [5.74, 6) is -0.488. The van der Waals surface area contributed by atoms with E-state index in [1.54, 1.807) is 6.92 Å². The van der Waals surface area contributed by atoms with Crippen LogP contribution in [0.5, 0.6) is 0 Å². The topological polar surface area (TPSA) is 67.4 Å². The van der Waals surface area contributed by atoms with E-state index in [1.807, 2.05) is 13.8 Å². The molecule has 1 heterocycles. The Hall–Kier alpha value is -0.810. The summed E-state index contributed by atoms with van der Waals surface area (Å²) >= 11 is 0. The maximum Gasteiger partial charge on any atom is 0.310 e. The van der Waals surface area contributed by atoms with E-state index in [0.29, 0.717) is 6.54 Å². The molecule has 1 rings (SSSR count). The lowest BCUT2D eigenvalue weighted by atomic mass is 9.98. The predicted octanol–water partition coefficient (Wildman–Crippen LogP) is 1.11. The van der Waals surface area contributed by atoms with Gasteiger partial charge in [-0.3, -0.25) is 9.59 Å². The molecular formula is C13H25ClN2O3. The van der Waals surface area contributed by atoms with Gasteiger partial charge < -0.3 is 15.4 Å². The Morgan fingerprint density at radius 2 is 2.05 bits per heavy atom. The highest BCUT2D eigenvalue weighted by atomic mass is 35.5. The molecule has 1 amide bonds. The van der Waals surface area contributed by atoms with Gasteiger partial charge >= 0.3 is 5.97 Å². The van der Waals surface area contributed by atoms with Crippen LogP contribution in [0, 0.1) is 11.8 Å². The normalized spacial score (nSPS) is 20.3. The first-order valence-electron chi connectivity index (χ1n) is 6.69. The van der Waals surface area contributed by atoms with Gasteiger partial charge in [0.05, 0.1) is 17.9 Å². The average molecular weight is 293 g/mol. The predicted molar refractivity (Wildman–Crippen MR) is 76.2 cm³/mol. The Morgan fingerprint density at radius 1 is 1.37 bits per heavy atom. The number of halogens is 1. The van der Waals surface area contributed by atoms with Gasteiger partial charge in [-0.2, -0.15) is 0 Å². The molecular weight excluding hydrogens is 268 g/mol. The van der Waals surface area contributed by atoms with Crippen LogP contribution in [0.15, 0.2) is 0 Å². The van der Waals surface area contributed by atoms with E-state index in [2.05, 4.69) is 10.6 Å². The first-order valence-corrected chi connectivity index (χ1v) is 6.69. The maximum atomic E-state index is 11.8. The second kappa shape index (κ2) is 9.15. The lowest BCUT2D eigenvalue weighted by Gasteiger charge is -2.22. The Kier molecular flexibility index (Phi) is 8.76. The molecule has 0 saturated carbocycles. The van der Waals surface area contributed by atoms with E-state index in [4.69, 9.17) is 4.74 Å². The summed E-state index contributed by atoms with van der Waals surface area (Å²) in [7, 11) is 0. The molecule has 1 fully saturated rings. The van der Waals surface area contributed by atoms with Crippen molar-refractivity contribution in [2.24, 2.45) is 11.8 Å². The third-order valence-electron chi connectivity index (χ3n) is 3.00. The smallest absolute Gasteiger partial charge is 0.310 e. The van der Waals surface area contributed by atoms with Crippen LogP contribution in [0.3, 0.4) is 0 Å². The van der Waals surface area contributed by atoms with E-state index in [-0.39, 0.29) is 42.2 Å². The van der Waals surface area contributed by atoms with Gasteiger partial charge in [0.15, 0.2) is 0 Å². The summed E-state index contributed by atoms with van der Waals surface area (Å²) in [6.45, 7) is 7.47. The highest BCUT2D eigenvalue weighted by Crippen LogP contribution is 2.10. The number of carbonyl (C=O) groups excluding carboxylic acids is 2. The third-order valence-corrected chi connectivity index (χ3v) is 3.00. The molecule has 1 aliphatic heterocycles. The number of nitrogens with one attached hydrogen (secondary N) is 2. The zero-order chi connectivity index (χ0) is 13.5. The first-order chi connectivity index (χ1) is 8.50. The van der Waals surface area contributed by atoms with Gasteiger partial charge in [-0.15, -0.1) is 12.4 Å². The number of ether oxygens (including phenoxy) is 1. The molecule has 0 bridgehead atoms. The van der Waals surface area contributed by atoms with Crippen molar-refractivity contribution in [1.82, 2.24) is 10.6 Å². The molecule has 5 nitrogen and oxygen atoms in total. The van der Waals surface area contributed by atoms with Gasteiger partial charge in [0.1, 0.15) is 0 Å². The Morgan fingerprint density at radius 3 is 2.58 bits per heavy atom. The lowest BCUT2D eigenvalue weighted by molar-refractivity contribution is -0.151. The van der Waals surface area contributed by atoms with Crippen molar-refractivity contribution in [3.05, 3.63) is 0 Å². The minimum atomic E-state index is -0.298. The van der Waals surface area contributed by atoms with Gasteiger partial charge in [-0.05, 0) is 33.2 Å². The standard InChI is InChI=1S/C13H24N2O3.ClH/c1-9(2)18-13(17)10(3)7-15-12(16)11-5-4-6-14-8-11;/h9-11,14H,4-8H2,1-3H3,(H,15,16);1H. The number of hydrogen-bond donors (Lipinski definition) is 2. The second-order valence-electron chi connectivity index (χ2n) is 5.18. The highest BCUT2D eigenvalue weighted by Gasteiger charge is 2.22. The van der Waals surface area contributed by atoms with Crippen molar-refractivity contribution in [2.75, 3.05) is 19.6 Å². The largest absolute Gasteiger partial charge is 0.463 e. The fraction of sp³-hybridized carbons (Fsp3) is 0.846. The van der Waals surface area contributed by atoms with Crippen molar-refractivity contribution >= 4 is 24.3 Å². The zero-order valence-corrected chi connectivity index (χ0v) is 12.7. The van der Waals surface area contributed by atoms with Crippen LogP contribution in [0.4, 0.5) is 0 Å². The molecule has 2 atom stereocenters. The zero-order valence-electron chi connectivity index (χ0n) is 11.9. The first kappa shape index (κ1) is 18.2. The van der Waals surface area contributed by atoms with Gasteiger partial charge in [0.25, 0.3) is 0 Å². The fourth-order valence-corrected chi connectivity index (χ4v) is 1.91. The van der Waals surface area contributed by atoms with Crippen molar-refractivity contribution in [3.63, 3.8) is 0 Å². The lowest BCUT2D eigenvalue weighted by Crippen LogP contribution is -2.42. The molecule has 112 valence electrons. The van der Waals surface area contributed by atoms with E-state index in [9.17, 15) is 9.59 Å². The van der Waals surface area contributed by atoms with E-state index >= 15 is 0 Å². The number of hydrogen-bond acceptors (Lipinski definition) is 4. The van der Waals surface area contributed by atoms with E-state index in [0.717, 1.165) is 25.9 Å². The molecule has 1 aliphatic rings. The molecule has 0 aliphatic carbocycles. The number of rotatable bonds is 5. The molecule has 0 aromatic rings. The molecule has 0 aromatic carbocycles. The van der Waals surface area contributed by atoms with Gasteiger partial charge in [-0.1, -0.05) is 6.92 Å². The van der Waals surface area contributed by atoms with Crippen molar-refractivity contribution in [1.29, 1.82) is 0 Å². The monoisotopic (exact) mass is 292 g/mol. The molecule has 2 unspecified atom stereocenters. The number of piperidine rings is 1.